The smallest absolute Gasteiger partial charge is 0.353 e. The van der Waals surface area contributed by atoms with Crippen molar-refractivity contribution in [2.24, 2.45) is 5.92 Å². The highest BCUT2D eigenvalue weighted by atomic mass is 19.1. The van der Waals surface area contributed by atoms with Crippen molar-refractivity contribution in [3.8, 4) is 0 Å². The van der Waals surface area contributed by atoms with Crippen molar-refractivity contribution in [1.29, 1.82) is 0 Å². The lowest BCUT2D eigenvalue weighted by Crippen LogP contribution is -2.66. The highest BCUT2D eigenvalue weighted by molar-refractivity contribution is 6.08. The summed E-state index contributed by atoms with van der Waals surface area (Å²) in [6, 6.07) is 3.97. The van der Waals surface area contributed by atoms with E-state index >= 15 is 0 Å². The number of esters is 1. The van der Waals surface area contributed by atoms with Gasteiger partial charge in [0.1, 0.15) is 11.9 Å². The van der Waals surface area contributed by atoms with Crippen molar-refractivity contribution in [1.82, 2.24) is 9.80 Å². The van der Waals surface area contributed by atoms with Gasteiger partial charge in [-0.3, -0.25) is 4.79 Å². The molecule has 7 nitrogen and oxygen atoms in total. The van der Waals surface area contributed by atoms with E-state index in [0.717, 1.165) is 4.90 Å². The summed E-state index contributed by atoms with van der Waals surface area (Å²) >= 11 is 0. The van der Waals surface area contributed by atoms with E-state index < -0.39 is 41.3 Å². The normalized spacial score (nSPS) is 20.0. The Morgan fingerprint density at radius 3 is 2.24 bits per heavy atom. The van der Waals surface area contributed by atoms with E-state index in [4.69, 9.17) is 4.74 Å². The summed E-state index contributed by atoms with van der Waals surface area (Å²) in [4.78, 5) is 40.2. The zero-order valence-electron chi connectivity index (χ0n) is 14.9. The fourth-order valence-electron chi connectivity index (χ4n) is 2.84. The molecule has 3 amide bonds. The minimum Gasteiger partial charge on any atom is -0.466 e. The number of urea groups is 1. The van der Waals surface area contributed by atoms with Gasteiger partial charge in [0.25, 0.3) is 5.91 Å². The average molecular weight is 351 g/mol. The average Bonchev–Trinajstić information content (AvgIpc) is 2.77. The Morgan fingerprint density at radius 2 is 1.84 bits per heavy atom. The number of hydrogen-bond acceptors (Lipinski definition) is 5. The van der Waals surface area contributed by atoms with Crippen molar-refractivity contribution in [2.75, 3.05) is 19.5 Å². The third-order valence-electron chi connectivity index (χ3n) is 4.52. The van der Waals surface area contributed by atoms with Gasteiger partial charge in [-0.2, -0.15) is 0 Å². The molecule has 8 heteroatoms. The van der Waals surface area contributed by atoms with Crippen LogP contribution in [0.3, 0.4) is 0 Å². The number of ether oxygens (including phenoxy) is 1. The van der Waals surface area contributed by atoms with Crippen molar-refractivity contribution < 1.29 is 23.5 Å². The van der Waals surface area contributed by atoms with Crippen molar-refractivity contribution in [3.63, 3.8) is 0 Å². The highest BCUT2D eigenvalue weighted by Gasteiger charge is 2.58. The number of halogens is 1. The predicted octanol–water partition coefficient (Wildman–Crippen LogP) is 2.05. The second kappa shape index (κ2) is 6.70. The van der Waals surface area contributed by atoms with E-state index in [1.54, 1.807) is 20.8 Å². The number of carbonyl (C=O) groups excluding carboxylic acids is 3. The van der Waals surface area contributed by atoms with Crippen LogP contribution in [-0.4, -0.2) is 53.6 Å². The molecule has 0 spiro atoms. The largest absolute Gasteiger partial charge is 0.466 e. The number of nitrogens with zero attached hydrogens (tertiary/aromatic N) is 2. The van der Waals surface area contributed by atoms with Crippen LogP contribution in [0.5, 0.6) is 0 Å². The molecule has 0 saturated carbocycles. The first-order valence-corrected chi connectivity index (χ1v) is 7.89. The second-order valence-corrected chi connectivity index (χ2v) is 6.29. The number of rotatable bonds is 5. The third kappa shape index (κ3) is 2.92. The molecule has 1 aromatic carbocycles. The van der Waals surface area contributed by atoms with Crippen LogP contribution in [0.15, 0.2) is 24.3 Å². The molecule has 25 heavy (non-hydrogen) atoms. The SMILES string of the molecule is COC(=O)C(Nc1ccc(F)cc1)(C(C)C)N1C(=O)C(C)N(C)C1=O. The summed E-state index contributed by atoms with van der Waals surface area (Å²) < 4.78 is 18.1. The summed E-state index contributed by atoms with van der Waals surface area (Å²) in [7, 11) is 2.68. The van der Waals surface area contributed by atoms with Crippen LogP contribution in [0.2, 0.25) is 0 Å². The van der Waals surface area contributed by atoms with Crippen molar-refractivity contribution >= 4 is 23.6 Å². The van der Waals surface area contributed by atoms with E-state index in [2.05, 4.69) is 5.32 Å². The van der Waals surface area contributed by atoms with Crippen LogP contribution >= 0.6 is 0 Å². The number of methoxy groups -OCH3 is 1. The Balaban J connectivity index is 2.59. The summed E-state index contributed by atoms with van der Waals surface area (Å²) in [5.41, 5.74) is -1.37. The van der Waals surface area contributed by atoms with Gasteiger partial charge in [0.05, 0.1) is 7.11 Å². The molecule has 1 aliphatic rings. The summed E-state index contributed by atoms with van der Waals surface area (Å²) in [5.74, 6) is -2.26. The van der Waals surface area contributed by atoms with Gasteiger partial charge >= 0.3 is 12.0 Å². The van der Waals surface area contributed by atoms with Gasteiger partial charge in [0.15, 0.2) is 0 Å². The Morgan fingerprint density at radius 1 is 1.28 bits per heavy atom. The van der Waals surface area contributed by atoms with E-state index in [-0.39, 0.29) is 0 Å². The predicted molar refractivity (Wildman–Crippen MR) is 89.1 cm³/mol. The molecule has 0 aliphatic carbocycles. The van der Waals surface area contributed by atoms with Gasteiger partial charge < -0.3 is 15.0 Å². The molecule has 0 bridgehead atoms. The lowest BCUT2D eigenvalue weighted by Gasteiger charge is -2.41. The summed E-state index contributed by atoms with van der Waals surface area (Å²) in [5, 5.41) is 2.93. The Hall–Kier alpha value is -2.64. The Labute approximate surface area is 145 Å². The monoisotopic (exact) mass is 351 g/mol. The fourth-order valence-corrected chi connectivity index (χ4v) is 2.84. The number of anilines is 1. The number of amides is 3. The highest BCUT2D eigenvalue weighted by Crippen LogP contribution is 2.34. The summed E-state index contributed by atoms with van der Waals surface area (Å²) in [6.07, 6.45) is 0. The quantitative estimate of drug-likeness (QED) is 0.649. The maximum absolute atomic E-state index is 13.2. The second-order valence-electron chi connectivity index (χ2n) is 6.29. The molecular weight excluding hydrogens is 329 g/mol. The van der Waals surface area contributed by atoms with Crippen LogP contribution < -0.4 is 5.32 Å². The van der Waals surface area contributed by atoms with E-state index in [9.17, 15) is 18.8 Å². The van der Waals surface area contributed by atoms with Gasteiger partial charge in [-0.25, -0.2) is 18.9 Å². The number of benzene rings is 1. The van der Waals surface area contributed by atoms with Gasteiger partial charge in [-0.1, -0.05) is 13.8 Å². The maximum atomic E-state index is 13.2. The van der Waals surface area contributed by atoms with Gasteiger partial charge in [0, 0.05) is 18.7 Å². The maximum Gasteiger partial charge on any atom is 0.353 e. The number of nitrogens with one attached hydrogen (secondary N) is 1. The number of carbonyl (C=O) groups is 3. The standard InChI is InChI=1S/C17H22FN3O4/c1-10(2)17(15(23)25-5,19-13-8-6-12(18)7-9-13)21-14(22)11(3)20(4)16(21)24/h6-11,19H,1-5H3. The van der Waals surface area contributed by atoms with Crippen LogP contribution in [0.25, 0.3) is 0 Å². The molecule has 0 radical (unpaired) electrons. The molecule has 1 fully saturated rings. The van der Waals surface area contributed by atoms with Crippen molar-refractivity contribution in [2.45, 2.75) is 32.5 Å². The zero-order chi connectivity index (χ0) is 18.9. The fraction of sp³-hybridized carbons (Fsp3) is 0.471. The van der Waals surface area contributed by atoms with E-state index in [1.165, 1.54) is 43.3 Å². The number of hydrogen-bond donors (Lipinski definition) is 1. The lowest BCUT2D eigenvalue weighted by atomic mass is 9.93. The molecule has 2 unspecified atom stereocenters. The molecule has 1 heterocycles. The van der Waals surface area contributed by atoms with Gasteiger partial charge in [0.2, 0.25) is 5.66 Å². The third-order valence-corrected chi connectivity index (χ3v) is 4.52. The molecule has 1 aliphatic heterocycles. The summed E-state index contributed by atoms with van der Waals surface area (Å²) in [6.45, 7) is 4.97. The number of likely N-dealkylation sites (N-methyl/N-ethyl adjacent to an activating group) is 1. The van der Waals surface area contributed by atoms with Crippen LogP contribution in [0.4, 0.5) is 14.9 Å². The minimum absolute atomic E-state index is 0.378. The van der Waals surface area contributed by atoms with Crippen LogP contribution in [0, 0.1) is 11.7 Å². The van der Waals surface area contributed by atoms with Crippen LogP contribution in [-0.2, 0) is 14.3 Å². The molecule has 2 rings (SSSR count). The zero-order valence-corrected chi connectivity index (χ0v) is 14.9. The minimum atomic E-state index is -1.75. The molecule has 1 N–H and O–H groups in total. The van der Waals surface area contributed by atoms with E-state index in [0.29, 0.717) is 5.69 Å². The Kier molecular flexibility index (Phi) is 5.01. The first-order valence-electron chi connectivity index (χ1n) is 7.89. The lowest BCUT2D eigenvalue weighted by molar-refractivity contribution is -0.158. The molecule has 0 aromatic heterocycles. The molecular formula is C17H22FN3O4. The van der Waals surface area contributed by atoms with Crippen molar-refractivity contribution in [3.05, 3.63) is 30.1 Å². The van der Waals surface area contributed by atoms with Crippen LogP contribution in [0.1, 0.15) is 20.8 Å². The molecule has 1 aromatic rings. The topological polar surface area (TPSA) is 79.0 Å². The first kappa shape index (κ1) is 18.7. The van der Waals surface area contributed by atoms with Gasteiger partial charge in [-0.15, -0.1) is 0 Å². The van der Waals surface area contributed by atoms with Gasteiger partial charge in [-0.05, 0) is 31.2 Å². The molecule has 1 saturated heterocycles. The number of imide groups is 1. The first-order chi connectivity index (χ1) is 11.7. The Bertz CT molecular complexity index is 672. The molecule has 2 atom stereocenters. The molecule has 136 valence electrons. The van der Waals surface area contributed by atoms with E-state index in [1.807, 2.05) is 0 Å².